The molecule has 0 spiro atoms. The van der Waals surface area contributed by atoms with E-state index in [-0.39, 0.29) is 12.0 Å². The van der Waals surface area contributed by atoms with Gasteiger partial charge in [0.15, 0.2) is 0 Å². The van der Waals surface area contributed by atoms with Gasteiger partial charge in [-0.15, -0.1) is 0 Å². The second-order valence-electron chi connectivity index (χ2n) is 13.7. The standard InChI is InChI=1S/C48H32N4/c1-3-15-31(16-4-1)46-38-23-9-12-24-42(38)49-48(50-46)52-44-26-14-10-20-35(44)40-29-32(27-28-45(40)52)39-30-41-36-21-11-13-25-43(36)51(33-17-5-2-6-18-33)47(41)37-22-8-7-19-34(37)39/h1-30,40,45H. The van der Waals surface area contributed by atoms with Crippen LogP contribution in [0.2, 0.25) is 0 Å². The van der Waals surface area contributed by atoms with Crippen molar-refractivity contribution in [1.82, 2.24) is 14.5 Å². The van der Waals surface area contributed by atoms with Crippen molar-refractivity contribution in [2.75, 3.05) is 4.90 Å². The van der Waals surface area contributed by atoms with Crippen LogP contribution < -0.4 is 4.90 Å². The van der Waals surface area contributed by atoms with Crippen LogP contribution in [0.3, 0.4) is 0 Å². The summed E-state index contributed by atoms with van der Waals surface area (Å²) in [6, 6.07) is 58.4. The summed E-state index contributed by atoms with van der Waals surface area (Å²) >= 11 is 0. The zero-order chi connectivity index (χ0) is 34.2. The maximum Gasteiger partial charge on any atom is 0.231 e. The Kier molecular flexibility index (Phi) is 6.34. The van der Waals surface area contributed by atoms with E-state index in [1.807, 2.05) is 6.07 Å². The molecule has 2 atom stereocenters. The van der Waals surface area contributed by atoms with Crippen LogP contribution in [0.5, 0.6) is 0 Å². The summed E-state index contributed by atoms with van der Waals surface area (Å²) in [5.41, 5.74) is 11.5. The molecule has 1 aliphatic carbocycles. The van der Waals surface area contributed by atoms with Gasteiger partial charge < -0.3 is 9.47 Å². The lowest BCUT2D eigenvalue weighted by atomic mass is 9.84. The summed E-state index contributed by atoms with van der Waals surface area (Å²) in [6.07, 6.45) is 7.17. The highest BCUT2D eigenvalue weighted by Gasteiger charge is 2.40. The summed E-state index contributed by atoms with van der Waals surface area (Å²) in [4.78, 5) is 12.9. The Bertz CT molecular complexity index is 2920. The third-order valence-electron chi connectivity index (χ3n) is 10.9. The highest BCUT2D eigenvalue weighted by atomic mass is 15.3. The average Bonchev–Trinajstić information content (AvgIpc) is 3.73. The Hall–Kier alpha value is -6.78. The van der Waals surface area contributed by atoms with Crippen molar-refractivity contribution in [3.05, 3.63) is 193 Å². The minimum Gasteiger partial charge on any atom is -0.309 e. The Morgan fingerprint density at radius 2 is 1.21 bits per heavy atom. The van der Waals surface area contributed by atoms with Gasteiger partial charge in [0.05, 0.1) is 28.3 Å². The van der Waals surface area contributed by atoms with Crippen molar-refractivity contribution >= 4 is 60.7 Å². The maximum atomic E-state index is 5.31. The molecule has 9 aromatic rings. The summed E-state index contributed by atoms with van der Waals surface area (Å²) in [6.45, 7) is 0. The van der Waals surface area contributed by atoms with Gasteiger partial charge in [0.2, 0.25) is 5.95 Å². The molecule has 11 rings (SSSR count). The lowest BCUT2D eigenvalue weighted by Crippen LogP contribution is -2.30. The number of rotatable bonds is 4. The Labute approximate surface area is 301 Å². The molecule has 3 heterocycles. The molecule has 2 unspecified atom stereocenters. The molecule has 2 aromatic heterocycles. The summed E-state index contributed by atoms with van der Waals surface area (Å²) in [7, 11) is 0. The van der Waals surface area contributed by atoms with Gasteiger partial charge in [-0.1, -0.05) is 146 Å². The van der Waals surface area contributed by atoms with Gasteiger partial charge in [-0.25, -0.2) is 9.97 Å². The zero-order valence-corrected chi connectivity index (χ0v) is 28.3. The molecule has 1 aliphatic heterocycles. The zero-order valence-electron chi connectivity index (χ0n) is 28.3. The predicted molar refractivity (Wildman–Crippen MR) is 215 cm³/mol. The van der Waals surface area contributed by atoms with Gasteiger partial charge >= 0.3 is 0 Å². The van der Waals surface area contributed by atoms with Crippen LogP contribution in [0.4, 0.5) is 11.6 Å². The van der Waals surface area contributed by atoms with Crippen molar-refractivity contribution in [3.8, 4) is 16.9 Å². The van der Waals surface area contributed by atoms with E-state index < -0.39 is 0 Å². The Morgan fingerprint density at radius 1 is 0.538 bits per heavy atom. The van der Waals surface area contributed by atoms with Crippen LogP contribution in [0.25, 0.3) is 66.0 Å². The van der Waals surface area contributed by atoms with Crippen LogP contribution >= 0.6 is 0 Å². The molecule has 0 radical (unpaired) electrons. The molecule has 0 amide bonds. The van der Waals surface area contributed by atoms with Crippen molar-refractivity contribution in [1.29, 1.82) is 0 Å². The van der Waals surface area contributed by atoms with Gasteiger partial charge in [0.25, 0.3) is 0 Å². The van der Waals surface area contributed by atoms with Crippen molar-refractivity contribution in [3.63, 3.8) is 0 Å². The van der Waals surface area contributed by atoms with E-state index in [9.17, 15) is 0 Å². The van der Waals surface area contributed by atoms with Crippen LogP contribution in [-0.4, -0.2) is 20.6 Å². The molecule has 7 aromatic carbocycles. The number of para-hydroxylation sites is 4. The third-order valence-corrected chi connectivity index (χ3v) is 10.9. The molecule has 2 aliphatic rings. The van der Waals surface area contributed by atoms with E-state index in [4.69, 9.17) is 9.97 Å². The minimum atomic E-state index is 0.0425. The lowest BCUT2D eigenvalue weighted by molar-refractivity contribution is 0.733. The Morgan fingerprint density at radius 3 is 2.06 bits per heavy atom. The van der Waals surface area contributed by atoms with E-state index in [0.717, 1.165) is 33.8 Å². The molecule has 4 heteroatoms. The number of anilines is 2. The lowest BCUT2D eigenvalue weighted by Gasteiger charge is -2.28. The molecular formula is C48H32N4. The van der Waals surface area contributed by atoms with Crippen LogP contribution in [0.15, 0.2) is 182 Å². The number of fused-ring (bicyclic) bond motifs is 9. The van der Waals surface area contributed by atoms with Crippen LogP contribution in [0, 0.1) is 0 Å². The van der Waals surface area contributed by atoms with Crippen molar-refractivity contribution in [2.24, 2.45) is 0 Å². The second-order valence-corrected chi connectivity index (χ2v) is 13.7. The predicted octanol–water partition coefficient (Wildman–Crippen LogP) is 11.8. The number of benzene rings is 7. The number of hydrogen-bond acceptors (Lipinski definition) is 3. The molecular weight excluding hydrogens is 633 g/mol. The monoisotopic (exact) mass is 664 g/mol. The minimum absolute atomic E-state index is 0.0425. The van der Waals surface area contributed by atoms with Gasteiger partial charge in [0.1, 0.15) is 0 Å². The molecule has 4 nitrogen and oxygen atoms in total. The SMILES string of the molecule is C1=CC2C(C=C1c1cc3c4ccccc4n(-c4ccccc4)c3c3ccccc13)c1ccccc1N2c1nc(-c2ccccc2)c2ccccc2n1. The first-order chi connectivity index (χ1) is 25.8. The van der Waals surface area contributed by atoms with Gasteiger partial charge in [-0.3, -0.25) is 0 Å². The topological polar surface area (TPSA) is 34.0 Å². The number of allylic oxidation sites excluding steroid dienone is 2. The molecule has 0 bridgehead atoms. The fourth-order valence-electron chi connectivity index (χ4n) is 8.66. The highest BCUT2D eigenvalue weighted by molar-refractivity contribution is 6.21. The Balaban J connectivity index is 1.10. The first-order valence-corrected chi connectivity index (χ1v) is 17.9. The summed E-state index contributed by atoms with van der Waals surface area (Å²) in [5.74, 6) is 0.853. The molecule has 0 N–H and O–H groups in total. The number of hydrogen-bond donors (Lipinski definition) is 0. The van der Waals surface area contributed by atoms with E-state index in [1.165, 1.54) is 55.0 Å². The average molecular weight is 665 g/mol. The normalized spacial score (nSPS) is 16.5. The largest absolute Gasteiger partial charge is 0.309 e. The van der Waals surface area contributed by atoms with E-state index in [1.54, 1.807) is 0 Å². The summed E-state index contributed by atoms with van der Waals surface area (Å²) in [5, 5.41) is 6.07. The summed E-state index contributed by atoms with van der Waals surface area (Å²) < 4.78 is 2.43. The number of aromatic nitrogens is 3. The quantitative estimate of drug-likeness (QED) is 0.188. The smallest absolute Gasteiger partial charge is 0.231 e. The molecule has 244 valence electrons. The van der Waals surface area contributed by atoms with Gasteiger partial charge in [0, 0.05) is 44.4 Å². The highest BCUT2D eigenvalue weighted by Crippen LogP contribution is 2.50. The van der Waals surface area contributed by atoms with E-state index >= 15 is 0 Å². The number of nitrogens with zero attached hydrogens (tertiary/aromatic N) is 4. The first-order valence-electron chi connectivity index (χ1n) is 17.9. The van der Waals surface area contributed by atoms with E-state index in [2.05, 4.69) is 185 Å². The van der Waals surface area contributed by atoms with Gasteiger partial charge in [-0.2, -0.15) is 0 Å². The second kappa shape index (κ2) is 11.4. The first kappa shape index (κ1) is 29.0. The maximum absolute atomic E-state index is 5.31. The van der Waals surface area contributed by atoms with E-state index in [0.29, 0.717) is 0 Å². The van der Waals surface area contributed by atoms with Crippen molar-refractivity contribution < 1.29 is 0 Å². The van der Waals surface area contributed by atoms with Crippen LogP contribution in [0.1, 0.15) is 17.0 Å². The van der Waals surface area contributed by atoms with Crippen molar-refractivity contribution in [2.45, 2.75) is 12.0 Å². The van der Waals surface area contributed by atoms with Gasteiger partial charge in [-0.05, 0) is 58.5 Å². The molecule has 52 heavy (non-hydrogen) atoms. The molecule has 0 saturated carbocycles. The van der Waals surface area contributed by atoms with Crippen LogP contribution in [-0.2, 0) is 0 Å². The third kappa shape index (κ3) is 4.28. The fraction of sp³-hybridized carbons (Fsp3) is 0.0417. The fourth-order valence-corrected chi connectivity index (χ4v) is 8.66. The molecule has 0 saturated heterocycles. The molecule has 0 fully saturated rings.